The highest BCUT2D eigenvalue weighted by atomic mass is 79.9. The van der Waals surface area contributed by atoms with Crippen LogP contribution in [-0.2, 0) is 12.8 Å². The first-order valence-electron chi connectivity index (χ1n) is 6.44. The summed E-state index contributed by atoms with van der Waals surface area (Å²) in [7, 11) is 0. The molecule has 1 aliphatic rings. The molecule has 0 N–H and O–H groups in total. The molecule has 20 heavy (non-hydrogen) atoms. The minimum atomic E-state index is 0.605. The largest absolute Gasteiger partial charge is 0.216 e. The molecule has 3 heterocycles. The second kappa shape index (κ2) is 5.05. The molecule has 1 aliphatic carbocycles. The van der Waals surface area contributed by atoms with Crippen LogP contribution in [0.2, 0.25) is 5.15 Å². The zero-order chi connectivity index (χ0) is 13.7. The van der Waals surface area contributed by atoms with Crippen LogP contribution in [0.5, 0.6) is 0 Å². The van der Waals surface area contributed by atoms with E-state index in [1.807, 2.05) is 11.4 Å². The number of rotatable bonds is 1. The van der Waals surface area contributed by atoms with Crippen LogP contribution in [0.4, 0.5) is 0 Å². The van der Waals surface area contributed by atoms with Crippen LogP contribution in [-0.4, -0.2) is 9.97 Å². The van der Waals surface area contributed by atoms with E-state index in [1.165, 1.54) is 23.3 Å². The summed E-state index contributed by atoms with van der Waals surface area (Å²) in [5, 5.41) is 3.73. The van der Waals surface area contributed by atoms with Crippen LogP contribution >= 0.6 is 50.2 Å². The van der Waals surface area contributed by atoms with E-state index in [9.17, 15) is 0 Å². The van der Waals surface area contributed by atoms with Gasteiger partial charge in [0, 0.05) is 14.7 Å². The fourth-order valence-corrected chi connectivity index (χ4v) is 5.61. The average Bonchev–Trinajstić information content (AvgIpc) is 3.01. The molecule has 3 aromatic rings. The number of aromatic nitrogens is 2. The molecule has 2 nitrogen and oxygen atoms in total. The van der Waals surface area contributed by atoms with E-state index >= 15 is 0 Å². The van der Waals surface area contributed by atoms with E-state index in [0.29, 0.717) is 5.15 Å². The first-order valence-corrected chi connectivity index (χ1v) is 9.31. The van der Waals surface area contributed by atoms with Gasteiger partial charge in [-0.15, -0.1) is 22.7 Å². The van der Waals surface area contributed by atoms with Gasteiger partial charge in [0.15, 0.2) is 5.82 Å². The molecular formula is C14H10BrClN2S2. The Kier molecular flexibility index (Phi) is 3.33. The van der Waals surface area contributed by atoms with Crippen LogP contribution in [0.3, 0.4) is 0 Å². The quantitative estimate of drug-likeness (QED) is 0.501. The summed E-state index contributed by atoms with van der Waals surface area (Å²) in [5.41, 5.74) is 1.39. The summed E-state index contributed by atoms with van der Waals surface area (Å²) in [6.45, 7) is 0. The Morgan fingerprint density at radius 3 is 2.85 bits per heavy atom. The number of aryl methyl sites for hydroxylation is 2. The molecular weight excluding hydrogens is 376 g/mol. The van der Waals surface area contributed by atoms with Crippen molar-refractivity contribution >= 4 is 60.4 Å². The lowest BCUT2D eigenvalue weighted by atomic mass is 9.97. The third kappa shape index (κ3) is 2.11. The van der Waals surface area contributed by atoms with Gasteiger partial charge >= 0.3 is 0 Å². The summed E-state index contributed by atoms with van der Waals surface area (Å²) in [6.07, 6.45) is 4.79. The molecule has 4 rings (SSSR count). The van der Waals surface area contributed by atoms with Crippen molar-refractivity contribution in [1.29, 1.82) is 0 Å². The predicted octanol–water partition coefficient (Wildman–Crippen LogP) is 5.71. The number of hydrogen-bond donors (Lipinski definition) is 0. The Bertz CT molecular complexity index is 809. The Morgan fingerprint density at radius 2 is 2.05 bits per heavy atom. The normalized spacial score (nSPS) is 14.7. The van der Waals surface area contributed by atoms with Crippen LogP contribution < -0.4 is 0 Å². The Balaban J connectivity index is 1.94. The second-order valence-electron chi connectivity index (χ2n) is 4.86. The van der Waals surface area contributed by atoms with Gasteiger partial charge in [0.2, 0.25) is 0 Å². The van der Waals surface area contributed by atoms with Crippen molar-refractivity contribution in [2.24, 2.45) is 0 Å². The molecule has 0 aromatic carbocycles. The Morgan fingerprint density at radius 1 is 1.20 bits per heavy atom. The zero-order valence-electron chi connectivity index (χ0n) is 10.4. The van der Waals surface area contributed by atoms with E-state index in [0.717, 1.165) is 38.2 Å². The van der Waals surface area contributed by atoms with Crippen molar-refractivity contribution < 1.29 is 0 Å². The molecule has 0 saturated heterocycles. The molecule has 0 bridgehead atoms. The number of thiophene rings is 2. The van der Waals surface area contributed by atoms with Crippen LogP contribution in [0, 0.1) is 0 Å². The fraction of sp³-hybridized carbons (Fsp3) is 0.286. The maximum atomic E-state index is 6.45. The van der Waals surface area contributed by atoms with Crippen LogP contribution in [0.15, 0.2) is 15.9 Å². The summed E-state index contributed by atoms with van der Waals surface area (Å²) in [5.74, 6) is 0.733. The van der Waals surface area contributed by atoms with E-state index in [-0.39, 0.29) is 0 Å². The van der Waals surface area contributed by atoms with Gasteiger partial charge in [0.1, 0.15) is 9.98 Å². The standard InChI is InChI=1S/C14H10BrClN2S2/c15-7-5-10(19-6-7)13-17-12(16)11-8-3-1-2-4-9(8)20-14(11)18-13/h5-6H,1-4H2. The molecule has 0 unspecified atom stereocenters. The molecule has 0 atom stereocenters. The summed E-state index contributed by atoms with van der Waals surface area (Å²) >= 11 is 13.3. The molecule has 0 spiro atoms. The van der Waals surface area contributed by atoms with Crippen molar-refractivity contribution in [2.75, 3.05) is 0 Å². The van der Waals surface area contributed by atoms with Crippen molar-refractivity contribution in [2.45, 2.75) is 25.7 Å². The highest BCUT2D eigenvalue weighted by molar-refractivity contribution is 9.10. The predicted molar refractivity (Wildman–Crippen MR) is 90.1 cm³/mol. The summed E-state index contributed by atoms with van der Waals surface area (Å²) in [4.78, 5) is 12.8. The van der Waals surface area contributed by atoms with E-state index < -0.39 is 0 Å². The van der Waals surface area contributed by atoms with Gasteiger partial charge in [-0.1, -0.05) is 11.6 Å². The Labute approximate surface area is 138 Å². The lowest BCUT2D eigenvalue weighted by molar-refractivity contribution is 0.700. The summed E-state index contributed by atoms with van der Waals surface area (Å²) in [6, 6.07) is 2.04. The van der Waals surface area contributed by atoms with Crippen LogP contribution in [0.1, 0.15) is 23.3 Å². The van der Waals surface area contributed by atoms with Gasteiger partial charge in [-0.05, 0) is 53.2 Å². The lowest BCUT2D eigenvalue weighted by Gasteiger charge is -2.10. The molecule has 3 aromatic heterocycles. The van der Waals surface area contributed by atoms with Gasteiger partial charge in [-0.2, -0.15) is 0 Å². The smallest absolute Gasteiger partial charge is 0.172 e. The van der Waals surface area contributed by atoms with E-state index in [2.05, 4.69) is 20.9 Å². The highest BCUT2D eigenvalue weighted by Crippen LogP contribution is 2.40. The van der Waals surface area contributed by atoms with Gasteiger partial charge < -0.3 is 0 Å². The molecule has 0 amide bonds. The number of nitrogens with zero attached hydrogens (tertiary/aromatic N) is 2. The molecule has 0 saturated carbocycles. The zero-order valence-corrected chi connectivity index (χ0v) is 14.4. The van der Waals surface area contributed by atoms with Gasteiger partial charge in [-0.25, -0.2) is 9.97 Å². The lowest BCUT2D eigenvalue weighted by Crippen LogP contribution is -1.98. The Hall–Kier alpha value is -0.490. The first-order chi connectivity index (χ1) is 9.72. The topological polar surface area (TPSA) is 25.8 Å². The van der Waals surface area contributed by atoms with Gasteiger partial charge in [0.05, 0.1) is 10.3 Å². The van der Waals surface area contributed by atoms with Crippen molar-refractivity contribution in [3.8, 4) is 10.7 Å². The maximum absolute atomic E-state index is 6.45. The van der Waals surface area contributed by atoms with Crippen molar-refractivity contribution in [3.05, 3.63) is 31.5 Å². The second-order valence-corrected chi connectivity index (χ2v) is 8.13. The molecule has 0 radical (unpaired) electrons. The maximum Gasteiger partial charge on any atom is 0.172 e. The molecule has 0 fully saturated rings. The minimum absolute atomic E-state index is 0.605. The highest BCUT2D eigenvalue weighted by Gasteiger charge is 2.21. The van der Waals surface area contributed by atoms with Gasteiger partial charge in [0.25, 0.3) is 0 Å². The summed E-state index contributed by atoms with van der Waals surface area (Å²) < 4.78 is 1.06. The first kappa shape index (κ1) is 13.2. The minimum Gasteiger partial charge on any atom is -0.216 e. The van der Waals surface area contributed by atoms with E-state index in [1.54, 1.807) is 22.7 Å². The SMILES string of the molecule is Clc1nc(-c2cc(Br)cs2)nc2sc3c(c12)CCCC3. The molecule has 0 aliphatic heterocycles. The monoisotopic (exact) mass is 384 g/mol. The van der Waals surface area contributed by atoms with Crippen molar-refractivity contribution in [1.82, 2.24) is 9.97 Å². The number of hydrogen-bond acceptors (Lipinski definition) is 4. The third-order valence-corrected chi connectivity index (χ3v) is 6.70. The fourth-order valence-electron chi connectivity index (χ4n) is 2.65. The van der Waals surface area contributed by atoms with Crippen LogP contribution in [0.25, 0.3) is 20.9 Å². The number of fused-ring (bicyclic) bond motifs is 3. The molecule has 6 heteroatoms. The third-order valence-electron chi connectivity index (χ3n) is 3.56. The van der Waals surface area contributed by atoms with E-state index in [4.69, 9.17) is 16.6 Å². The average molecular weight is 386 g/mol. The van der Waals surface area contributed by atoms with Crippen molar-refractivity contribution in [3.63, 3.8) is 0 Å². The molecule has 102 valence electrons. The van der Waals surface area contributed by atoms with Gasteiger partial charge in [-0.3, -0.25) is 0 Å². The number of halogens is 2.